The van der Waals surface area contributed by atoms with Gasteiger partial charge in [-0.25, -0.2) is 0 Å². The summed E-state index contributed by atoms with van der Waals surface area (Å²) in [5, 5.41) is 6.09. The maximum absolute atomic E-state index is 12.0. The molecule has 6 nitrogen and oxygen atoms in total. The fourth-order valence-electron chi connectivity index (χ4n) is 2.21. The average molecular weight is 276 g/mol. The lowest BCUT2D eigenvalue weighted by Crippen LogP contribution is -2.35. The van der Waals surface area contributed by atoms with Crippen LogP contribution in [0.15, 0.2) is 24.3 Å². The molecular weight excluding hydrogens is 256 g/mol. The predicted molar refractivity (Wildman–Crippen MR) is 77.5 cm³/mol. The van der Waals surface area contributed by atoms with Crippen LogP contribution in [0.1, 0.15) is 16.8 Å². The zero-order valence-electron chi connectivity index (χ0n) is 11.4. The number of rotatable bonds is 4. The van der Waals surface area contributed by atoms with Crippen molar-refractivity contribution in [3.8, 4) is 0 Å². The zero-order valence-corrected chi connectivity index (χ0v) is 11.4. The molecule has 0 atom stereocenters. The number of hydrogen-bond acceptors (Lipinski definition) is 4. The van der Waals surface area contributed by atoms with Crippen molar-refractivity contribution < 1.29 is 9.59 Å². The van der Waals surface area contributed by atoms with Gasteiger partial charge >= 0.3 is 0 Å². The van der Waals surface area contributed by atoms with E-state index in [0.717, 1.165) is 32.6 Å². The number of anilines is 1. The van der Waals surface area contributed by atoms with Crippen LogP contribution in [-0.4, -0.2) is 49.4 Å². The summed E-state index contributed by atoms with van der Waals surface area (Å²) in [5.41, 5.74) is 6.20. The third-order valence-electron chi connectivity index (χ3n) is 3.23. The minimum Gasteiger partial charge on any atom is -0.366 e. The van der Waals surface area contributed by atoms with Gasteiger partial charge in [-0.1, -0.05) is 6.07 Å². The van der Waals surface area contributed by atoms with Crippen LogP contribution in [0, 0.1) is 0 Å². The Hall–Kier alpha value is -1.92. The molecule has 0 aliphatic carbocycles. The molecule has 0 spiro atoms. The molecule has 0 radical (unpaired) electrons. The number of nitrogens with two attached hydrogens (primary N) is 1. The second-order valence-electron chi connectivity index (χ2n) is 4.87. The summed E-state index contributed by atoms with van der Waals surface area (Å²) >= 11 is 0. The third-order valence-corrected chi connectivity index (χ3v) is 3.23. The smallest absolute Gasteiger partial charge is 0.248 e. The van der Waals surface area contributed by atoms with Crippen molar-refractivity contribution in [1.82, 2.24) is 10.2 Å². The molecule has 1 aliphatic heterocycles. The van der Waals surface area contributed by atoms with Crippen molar-refractivity contribution in [3.05, 3.63) is 29.8 Å². The number of carbonyl (C=O) groups excluding carboxylic acids is 2. The highest BCUT2D eigenvalue weighted by atomic mass is 16.2. The predicted octanol–water partition coefficient (Wildman–Crippen LogP) is 0.0193. The van der Waals surface area contributed by atoms with Crippen molar-refractivity contribution in [1.29, 1.82) is 0 Å². The minimum atomic E-state index is -0.500. The standard InChI is InChI=1S/C14H20N4O2/c15-14(20)11-3-1-4-12(9-11)17-13(19)10-18-7-2-5-16-6-8-18/h1,3-4,9,16H,2,5-8,10H2,(H2,15,20)(H,17,19). The molecule has 1 aliphatic rings. The van der Waals surface area contributed by atoms with Crippen molar-refractivity contribution in [2.45, 2.75) is 6.42 Å². The molecule has 1 saturated heterocycles. The van der Waals surface area contributed by atoms with Crippen molar-refractivity contribution >= 4 is 17.5 Å². The van der Waals surface area contributed by atoms with Crippen LogP contribution in [0.2, 0.25) is 0 Å². The summed E-state index contributed by atoms with van der Waals surface area (Å²) in [6.07, 6.45) is 1.05. The van der Waals surface area contributed by atoms with E-state index in [0.29, 0.717) is 17.8 Å². The SMILES string of the molecule is NC(=O)c1cccc(NC(=O)CN2CCCNCC2)c1. The Morgan fingerprint density at radius 2 is 2.15 bits per heavy atom. The highest BCUT2D eigenvalue weighted by Gasteiger charge is 2.13. The molecule has 1 heterocycles. The summed E-state index contributed by atoms with van der Waals surface area (Å²) in [6, 6.07) is 6.66. The summed E-state index contributed by atoms with van der Waals surface area (Å²) in [4.78, 5) is 25.2. The Morgan fingerprint density at radius 1 is 1.30 bits per heavy atom. The van der Waals surface area contributed by atoms with Gasteiger partial charge in [0.15, 0.2) is 0 Å². The summed E-state index contributed by atoms with van der Waals surface area (Å²) < 4.78 is 0. The molecule has 0 bridgehead atoms. The first-order valence-electron chi connectivity index (χ1n) is 6.78. The topological polar surface area (TPSA) is 87.5 Å². The number of primary amides is 1. The Morgan fingerprint density at radius 3 is 2.95 bits per heavy atom. The molecule has 0 unspecified atom stereocenters. The number of nitrogens with one attached hydrogen (secondary N) is 2. The molecule has 0 saturated carbocycles. The van der Waals surface area contributed by atoms with E-state index in [4.69, 9.17) is 5.73 Å². The molecule has 4 N–H and O–H groups in total. The number of carbonyl (C=O) groups is 2. The van der Waals surface area contributed by atoms with Gasteiger partial charge in [-0.3, -0.25) is 14.5 Å². The summed E-state index contributed by atoms with van der Waals surface area (Å²) in [5.74, 6) is -0.576. The number of amides is 2. The molecule has 2 rings (SSSR count). The van der Waals surface area contributed by atoms with E-state index < -0.39 is 5.91 Å². The van der Waals surface area contributed by atoms with Gasteiger partial charge in [0.25, 0.3) is 0 Å². The van der Waals surface area contributed by atoms with Gasteiger partial charge in [-0.05, 0) is 37.7 Å². The lowest BCUT2D eigenvalue weighted by Gasteiger charge is -2.18. The van der Waals surface area contributed by atoms with Gasteiger partial charge in [-0.15, -0.1) is 0 Å². The first-order valence-corrected chi connectivity index (χ1v) is 6.78. The lowest BCUT2D eigenvalue weighted by atomic mass is 10.2. The van der Waals surface area contributed by atoms with E-state index in [1.54, 1.807) is 24.3 Å². The first-order chi connectivity index (χ1) is 9.65. The Labute approximate surface area is 118 Å². The average Bonchev–Trinajstić information content (AvgIpc) is 2.67. The van der Waals surface area contributed by atoms with E-state index in [1.807, 2.05) is 0 Å². The van der Waals surface area contributed by atoms with Crippen LogP contribution >= 0.6 is 0 Å². The molecule has 6 heteroatoms. The highest BCUT2D eigenvalue weighted by molar-refractivity contribution is 5.96. The number of benzene rings is 1. The molecular formula is C14H20N4O2. The monoisotopic (exact) mass is 276 g/mol. The van der Waals surface area contributed by atoms with Crippen molar-refractivity contribution in [2.24, 2.45) is 5.73 Å². The van der Waals surface area contributed by atoms with Crippen LogP contribution in [0.4, 0.5) is 5.69 Å². The largest absolute Gasteiger partial charge is 0.366 e. The van der Waals surface area contributed by atoms with Gasteiger partial charge in [0.2, 0.25) is 11.8 Å². The van der Waals surface area contributed by atoms with Crippen LogP contribution in [-0.2, 0) is 4.79 Å². The fraction of sp³-hybridized carbons (Fsp3) is 0.429. The Balaban J connectivity index is 1.90. The highest BCUT2D eigenvalue weighted by Crippen LogP contribution is 2.10. The Kier molecular flexibility index (Phi) is 5.09. The van der Waals surface area contributed by atoms with Gasteiger partial charge in [0, 0.05) is 24.3 Å². The van der Waals surface area contributed by atoms with Gasteiger partial charge < -0.3 is 16.4 Å². The number of hydrogen-bond donors (Lipinski definition) is 3. The van der Waals surface area contributed by atoms with E-state index in [2.05, 4.69) is 15.5 Å². The molecule has 108 valence electrons. The zero-order chi connectivity index (χ0) is 14.4. The number of nitrogens with zero attached hydrogens (tertiary/aromatic N) is 1. The van der Waals surface area contributed by atoms with Gasteiger partial charge in [0.1, 0.15) is 0 Å². The quantitative estimate of drug-likeness (QED) is 0.723. The van der Waals surface area contributed by atoms with E-state index in [-0.39, 0.29) is 5.91 Å². The molecule has 1 aromatic carbocycles. The van der Waals surface area contributed by atoms with Gasteiger partial charge in [0.05, 0.1) is 6.54 Å². The van der Waals surface area contributed by atoms with Crippen LogP contribution in [0.3, 0.4) is 0 Å². The summed E-state index contributed by atoms with van der Waals surface area (Å²) in [6.45, 7) is 4.06. The molecule has 1 aromatic rings. The second kappa shape index (κ2) is 7.02. The molecule has 20 heavy (non-hydrogen) atoms. The van der Waals surface area contributed by atoms with Gasteiger partial charge in [-0.2, -0.15) is 0 Å². The molecule has 2 amide bonds. The van der Waals surface area contributed by atoms with Crippen LogP contribution < -0.4 is 16.4 Å². The van der Waals surface area contributed by atoms with Crippen LogP contribution in [0.5, 0.6) is 0 Å². The third kappa shape index (κ3) is 4.32. The normalized spacial score (nSPS) is 16.4. The maximum atomic E-state index is 12.0. The Bertz CT molecular complexity index is 482. The maximum Gasteiger partial charge on any atom is 0.248 e. The van der Waals surface area contributed by atoms with Crippen molar-refractivity contribution in [3.63, 3.8) is 0 Å². The molecule has 1 fully saturated rings. The van der Waals surface area contributed by atoms with Crippen LogP contribution in [0.25, 0.3) is 0 Å². The summed E-state index contributed by atoms with van der Waals surface area (Å²) in [7, 11) is 0. The second-order valence-corrected chi connectivity index (χ2v) is 4.87. The molecule has 0 aromatic heterocycles. The van der Waals surface area contributed by atoms with E-state index in [9.17, 15) is 9.59 Å². The fourth-order valence-corrected chi connectivity index (χ4v) is 2.21. The minimum absolute atomic E-state index is 0.0754. The van der Waals surface area contributed by atoms with E-state index >= 15 is 0 Å². The van der Waals surface area contributed by atoms with E-state index in [1.165, 1.54) is 0 Å². The van der Waals surface area contributed by atoms with Crippen molar-refractivity contribution in [2.75, 3.05) is 38.0 Å². The first kappa shape index (κ1) is 14.5. The lowest BCUT2D eigenvalue weighted by molar-refractivity contribution is -0.117.